The fourth-order valence-corrected chi connectivity index (χ4v) is 1.98. The van der Waals surface area contributed by atoms with Crippen molar-refractivity contribution in [2.45, 2.75) is 27.0 Å². The highest BCUT2D eigenvalue weighted by Crippen LogP contribution is 2.11. The lowest BCUT2D eigenvalue weighted by molar-refractivity contribution is 0.0939. The number of aromatic nitrogens is 1. The molecule has 0 saturated heterocycles. The fraction of sp³-hybridized carbons (Fsp3) is 0.312. The van der Waals surface area contributed by atoms with Crippen molar-refractivity contribution in [3.05, 3.63) is 59.4 Å². The van der Waals surface area contributed by atoms with Gasteiger partial charge in [0, 0.05) is 30.4 Å². The van der Waals surface area contributed by atoms with Gasteiger partial charge in [-0.1, -0.05) is 38.1 Å². The first-order chi connectivity index (χ1) is 9.10. The molecular formula is C16H19NO2. The van der Waals surface area contributed by atoms with Crippen molar-refractivity contribution in [3.8, 4) is 0 Å². The zero-order valence-corrected chi connectivity index (χ0v) is 11.3. The quantitative estimate of drug-likeness (QED) is 0.837. The molecule has 1 aromatic heterocycles. The van der Waals surface area contributed by atoms with Crippen molar-refractivity contribution in [2.75, 3.05) is 0 Å². The van der Waals surface area contributed by atoms with Crippen LogP contribution in [0.4, 0.5) is 0 Å². The molecule has 0 atom stereocenters. The zero-order chi connectivity index (χ0) is 13.8. The molecule has 0 saturated carbocycles. The Morgan fingerprint density at radius 1 is 1.16 bits per heavy atom. The van der Waals surface area contributed by atoms with Gasteiger partial charge in [0.1, 0.15) is 0 Å². The number of aliphatic hydroxyl groups excluding tert-OH is 1. The van der Waals surface area contributed by atoms with E-state index in [0.717, 1.165) is 23.2 Å². The molecule has 0 bridgehead atoms. The summed E-state index contributed by atoms with van der Waals surface area (Å²) in [6.45, 7) is 4.62. The van der Waals surface area contributed by atoms with Crippen LogP contribution in [0.25, 0.3) is 0 Å². The molecule has 100 valence electrons. The summed E-state index contributed by atoms with van der Waals surface area (Å²) >= 11 is 0. The largest absolute Gasteiger partial charge is 0.392 e. The van der Waals surface area contributed by atoms with E-state index in [4.69, 9.17) is 5.11 Å². The Bertz CT molecular complexity index is 552. The summed E-state index contributed by atoms with van der Waals surface area (Å²) in [6, 6.07) is 9.69. The molecule has 1 aromatic carbocycles. The second-order valence-corrected chi connectivity index (χ2v) is 5.07. The van der Waals surface area contributed by atoms with E-state index in [1.807, 2.05) is 61.1 Å². The Morgan fingerprint density at radius 3 is 2.37 bits per heavy atom. The molecule has 0 aliphatic carbocycles. The van der Waals surface area contributed by atoms with Crippen molar-refractivity contribution >= 4 is 5.78 Å². The average molecular weight is 257 g/mol. The van der Waals surface area contributed by atoms with Crippen molar-refractivity contribution in [2.24, 2.45) is 5.92 Å². The van der Waals surface area contributed by atoms with Crippen molar-refractivity contribution in [3.63, 3.8) is 0 Å². The second kappa shape index (κ2) is 5.85. The second-order valence-electron chi connectivity index (χ2n) is 5.07. The number of carbonyl (C=O) groups excluding carboxylic acids is 1. The Kier molecular flexibility index (Phi) is 4.17. The lowest BCUT2D eigenvalue weighted by Crippen LogP contribution is -2.06. The van der Waals surface area contributed by atoms with Crippen LogP contribution in [0.5, 0.6) is 0 Å². The topological polar surface area (TPSA) is 42.2 Å². The van der Waals surface area contributed by atoms with Crippen LogP contribution in [0.3, 0.4) is 0 Å². The molecule has 3 nitrogen and oxygen atoms in total. The maximum Gasteiger partial charge on any atom is 0.166 e. The van der Waals surface area contributed by atoms with Crippen LogP contribution < -0.4 is 0 Å². The molecule has 0 fully saturated rings. The van der Waals surface area contributed by atoms with Gasteiger partial charge in [-0.15, -0.1) is 0 Å². The predicted molar refractivity (Wildman–Crippen MR) is 75.1 cm³/mol. The molecular weight excluding hydrogens is 238 g/mol. The van der Waals surface area contributed by atoms with E-state index >= 15 is 0 Å². The average Bonchev–Trinajstić information content (AvgIpc) is 2.87. The van der Waals surface area contributed by atoms with Crippen molar-refractivity contribution in [1.29, 1.82) is 0 Å². The first-order valence-corrected chi connectivity index (χ1v) is 6.49. The van der Waals surface area contributed by atoms with Gasteiger partial charge in [-0.3, -0.25) is 4.79 Å². The van der Waals surface area contributed by atoms with Crippen LogP contribution >= 0.6 is 0 Å². The van der Waals surface area contributed by atoms with Gasteiger partial charge in [0.05, 0.1) is 6.61 Å². The number of aliphatic hydroxyl groups is 1. The fourth-order valence-electron chi connectivity index (χ4n) is 1.98. The van der Waals surface area contributed by atoms with Gasteiger partial charge in [-0.25, -0.2) is 0 Å². The van der Waals surface area contributed by atoms with E-state index in [0.29, 0.717) is 0 Å². The number of rotatable bonds is 5. The van der Waals surface area contributed by atoms with Crippen molar-refractivity contribution in [1.82, 2.24) is 4.57 Å². The van der Waals surface area contributed by atoms with Gasteiger partial charge >= 0.3 is 0 Å². The summed E-state index contributed by atoms with van der Waals surface area (Å²) in [5, 5.41) is 8.99. The van der Waals surface area contributed by atoms with Gasteiger partial charge in [0.2, 0.25) is 0 Å². The molecule has 0 radical (unpaired) electrons. The molecule has 1 heterocycles. The Labute approximate surface area is 113 Å². The number of ketones is 1. The van der Waals surface area contributed by atoms with Gasteiger partial charge < -0.3 is 9.67 Å². The third-order valence-corrected chi connectivity index (χ3v) is 3.13. The number of nitrogens with zero attached hydrogens (tertiary/aromatic N) is 1. The Balaban J connectivity index is 2.09. The monoisotopic (exact) mass is 257 g/mol. The molecule has 0 aliphatic heterocycles. The lowest BCUT2D eigenvalue weighted by Gasteiger charge is -2.04. The molecule has 0 spiro atoms. The number of benzene rings is 1. The number of Topliss-reactive ketones (excluding diaryl/α,β-unsaturated/α-hetero) is 1. The van der Waals surface area contributed by atoms with Gasteiger partial charge in [0.15, 0.2) is 5.78 Å². The van der Waals surface area contributed by atoms with E-state index in [-0.39, 0.29) is 18.3 Å². The SMILES string of the molecule is CC(C)C(=O)c1ccn(Cc2ccc(CO)cc2)c1. The minimum absolute atomic E-state index is 0.0275. The van der Waals surface area contributed by atoms with Gasteiger partial charge in [-0.2, -0.15) is 0 Å². The minimum Gasteiger partial charge on any atom is -0.392 e. The number of hydrogen-bond donors (Lipinski definition) is 1. The molecule has 1 N–H and O–H groups in total. The highest BCUT2D eigenvalue weighted by molar-refractivity contribution is 5.97. The van der Waals surface area contributed by atoms with E-state index in [9.17, 15) is 4.79 Å². The summed E-state index contributed by atoms with van der Waals surface area (Å²) in [7, 11) is 0. The normalized spacial score (nSPS) is 10.9. The summed E-state index contributed by atoms with van der Waals surface area (Å²) < 4.78 is 2.00. The van der Waals surface area contributed by atoms with Crippen molar-refractivity contribution < 1.29 is 9.90 Å². The highest BCUT2D eigenvalue weighted by atomic mass is 16.3. The Hall–Kier alpha value is -1.87. The van der Waals surface area contributed by atoms with Crippen LogP contribution in [0.15, 0.2) is 42.7 Å². The molecule has 3 heteroatoms. The van der Waals surface area contributed by atoms with Gasteiger partial charge in [-0.05, 0) is 17.2 Å². The third-order valence-electron chi connectivity index (χ3n) is 3.13. The predicted octanol–water partition coefficient (Wildman–Crippen LogP) is 2.87. The first-order valence-electron chi connectivity index (χ1n) is 6.49. The summed E-state index contributed by atoms with van der Waals surface area (Å²) in [5.74, 6) is 0.203. The lowest BCUT2D eigenvalue weighted by atomic mass is 10.0. The van der Waals surface area contributed by atoms with E-state index in [2.05, 4.69) is 0 Å². The van der Waals surface area contributed by atoms with Gasteiger partial charge in [0.25, 0.3) is 0 Å². The number of carbonyl (C=O) groups is 1. The molecule has 0 amide bonds. The van der Waals surface area contributed by atoms with E-state index in [1.54, 1.807) is 0 Å². The highest BCUT2D eigenvalue weighted by Gasteiger charge is 2.11. The molecule has 19 heavy (non-hydrogen) atoms. The molecule has 2 aromatic rings. The van der Waals surface area contributed by atoms with Crippen LogP contribution in [0, 0.1) is 5.92 Å². The minimum atomic E-state index is 0.0275. The van der Waals surface area contributed by atoms with Crippen LogP contribution in [0.1, 0.15) is 35.3 Å². The Morgan fingerprint density at radius 2 is 1.79 bits per heavy atom. The van der Waals surface area contributed by atoms with Crippen LogP contribution in [-0.2, 0) is 13.2 Å². The van der Waals surface area contributed by atoms with Crippen LogP contribution in [-0.4, -0.2) is 15.5 Å². The van der Waals surface area contributed by atoms with Crippen LogP contribution in [0.2, 0.25) is 0 Å². The maximum atomic E-state index is 11.9. The molecule has 2 rings (SSSR count). The molecule has 0 unspecified atom stereocenters. The summed E-state index contributed by atoms with van der Waals surface area (Å²) in [4.78, 5) is 11.9. The number of hydrogen-bond acceptors (Lipinski definition) is 2. The summed E-state index contributed by atoms with van der Waals surface area (Å²) in [5.41, 5.74) is 2.82. The zero-order valence-electron chi connectivity index (χ0n) is 11.3. The first kappa shape index (κ1) is 13.6. The standard InChI is InChI=1S/C16H19NO2/c1-12(2)16(19)15-7-8-17(10-15)9-13-3-5-14(11-18)6-4-13/h3-8,10,12,18H,9,11H2,1-2H3. The molecule has 0 aliphatic rings. The smallest absolute Gasteiger partial charge is 0.166 e. The maximum absolute atomic E-state index is 11.9. The van der Waals surface area contributed by atoms with E-state index < -0.39 is 0 Å². The summed E-state index contributed by atoms with van der Waals surface area (Å²) in [6.07, 6.45) is 3.82. The third kappa shape index (κ3) is 3.32. The van der Waals surface area contributed by atoms with E-state index in [1.165, 1.54) is 0 Å².